The lowest BCUT2D eigenvalue weighted by Crippen LogP contribution is -2.06. The molecule has 2 rings (SSSR count). The molecule has 102 valence electrons. The van der Waals surface area contributed by atoms with Gasteiger partial charge in [-0.25, -0.2) is 4.98 Å². The summed E-state index contributed by atoms with van der Waals surface area (Å²) in [5.41, 5.74) is 2.31. The number of methoxy groups -OCH3 is 1. The Bertz CT molecular complexity index is 518. The van der Waals surface area contributed by atoms with Gasteiger partial charge in [-0.05, 0) is 18.7 Å². The number of benzene rings is 1. The predicted octanol–water partition coefficient (Wildman–Crippen LogP) is 3.36. The van der Waals surface area contributed by atoms with E-state index in [1.54, 1.807) is 18.4 Å². The van der Waals surface area contributed by atoms with Gasteiger partial charge < -0.3 is 10.1 Å². The first kappa shape index (κ1) is 14.7. The minimum atomic E-state index is 0.573. The first-order valence-electron chi connectivity index (χ1n) is 6.09. The van der Waals surface area contributed by atoms with Gasteiger partial charge in [0.2, 0.25) is 0 Å². The van der Waals surface area contributed by atoms with Gasteiger partial charge in [0.1, 0.15) is 0 Å². The molecule has 0 bridgehead atoms. The van der Waals surface area contributed by atoms with E-state index in [2.05, 4.69) is 44.4 Å². The monoisotopic (exact) mass is 340 g/mol. The maximum absolute atomic E-state index is 5.21. The van der Waals surface area contributed by atoms with Crippen LogP contribution in [0.2, 0.25) is 0 Å². The second-order valence-corrected chi connectivity index (χ2v) is 6.23. The highest BCUT2D eigenvalue weighted by Gasteiger charge is 2.11. The van der Waals surface area contributed by atoms with Gasteiger partial charge in [-0.15, -0.1) is 11.3 Å². The number of hydrogen-bond acceptors (Lipinski definition) is 4. The van der Waals surface area contributed by atoms with E-state index in [9.17, 15) is 0 Å². The standard InChI is InChI=1S/C14H17BrN2OS/c1-16-8-13-12(9-18-2)17-14(19-13)7-10-5-3-4-6-11(10)15/h3-6,16H,7-9H2,1-2H3. The summed E-state index contributed by atoms with van der Waals surface area (Å²) in [5, 5.41) is 4.31. The van der Waals surface area contributed by atoms with Crippen LogP contribution in [0.5, 0.6) is 0 Å². The normalized spacial score (nSPS) is 10.9. The molecule has 1 aromatic carbocycles. The van der Waals surface area contributed by atoms with E-state index >= 15 is 0 Å². The molecule has 1 aromatic heterocycles. The third kappa shape index (κ3) is 3.86. The Morgan fingerprint density at radius 2 is 2.16 bits per heavy atom. The molecule has 0 aliphatic rings. The zero-order valence-corrected chi connectivity index (χ0v) is 13.5. The first-order valence-corrected chi connectivity index (χ1v) is 7.70. The number of nitrogens with one attached hydrogen (secondary N) is 1. The molecule has 0 saturated carbocycles. The van der Waals surface area contributed by atoms with Gasteiger partial charge in [0.05, 0.1) is 17.3 Å². The van der Waals surface area contributed by atoms with Crippen LogP contribution < -0.4 is 5.32 Å². The van der Waals surface area contributed by atoms with Crippen molar-refractivity contribution in [3.63, 3.8) is 0 Å². The average Bonchev–Trinajstić information content (AvgIpc) is 2.76. The molecular formula is C14H17BrN2OS. The molecule has 0 atom stereocenters. The Kier molecular flexibility index (Phi) is 5.51. The molecule has 0 radical (unpaired) electrons. The lowest BCUT2D eigenvalue weighted by molar-refractivity contribution is 0.181. The molecule has 3 nitrogen and oxygen atoms in total. The van der Waals surface area contributed by atoms with Gasteiger partial charge in [0.15, 0.2) is 0 Å². The summed E-state index contributed by atoms with van der Waals surface area (Å²) in [5.74, 6) is 0. The highest BCUT2D eigenvalue weighted by Crippen LogP contribution is 2.25. The maximum atomic E-state index is 5.21. The molecule has 0 spiro atoms. The summed E-state index contributed by atoms with van der Waals surface area (Å²) in [6, 6.07) is 8.27. The molecule has 2 aromatic rings. The van der Waals surface area contributed by atoms with Gasteiger partial charge in [0, 0.05) is 29.4 Å². The van der Waals surface area contributed by atoms with E-state index in [-0.39, 0.29) is 0 Å². The van der Waals surface area contributed by atoms with Crippen LogP contribution in [0.3, 0.4) is 0 Å². The van der Waals surface area contributed by atoms with Gasteiger partial charge in [-0.3, -0.25) is 0 Å². The van der Waals surface area contributed by atoms with Gasteiger partial charge in [-0.2, -0.15) is 0 Å². The summed E-state index contributed by atoms with van der Waals surface area (Å²) in [6.45, 7) is 1.41. The number of halogens is 1. The third-order valence-corrected chi connectivity index (χ3v) is 4.61. The molecular weight excluding hydrogens is 324 g/mol. The van der Waals surface area contributed by atoms with E-state index in [0.717, 1.165) is 28.1 Å². The number of rotatable bonds is 6. The van der Waals surface area contributed by atoms with E-state index in [1.165, 1.54) is 10.4 Å². The predicted molar refractivity (Wildman–Crippen MR) is 82.5 cm³/mol. The van der Waals surface area contributed by atoms with E-state index < -0.39 is 0 Å². The molecule has 0 saturated heterocycles. The Morgan fingerprint density at radius 3 is 2.84 bits per heavy atom. The smallest absolute Gasteiger partial charge is 0.0976 e. The number of nitrogens with zero attached hydrogens (tertiary/aromatic N) is 1. The number of hydrogen-bond donors (Lipinski definition) is 1. The van der Waals surface area contributed by atoms with E-state index in [1.807, 2.05) is 13.1 Å². The fraction of sp³-hybridized carbons (Fsp3) is 0.357. The van der Waals surface area contributed by atoms with Gasteiger partial charge in [0.25, 0.3) is 0 Å². The Balaban J connectivity index is 2.21. The Labute approximate surface area is 126 Å². The highest BCUT2D eigenvalue weighted by atomic mass is 79.9. The first-order chi connectivity index (χ1) is 9.24. The molecule has 0 amide bonds. The number of thiazole rings is 1. The summed E-state index contributed by atoms with van der Waals surface area (Å²) >= 11 is 5.33. The minimum Gasteiger partial charge on any atom is -0.378 e. The largest absolute Gasteiger partial charge is 0.378 e. The molecule has 1 heterocycles. The zero-order valence-electron chi connectivity index (χ0n) is 11.1. The Hall–Kier alpha value is -0.750. The molecule has 0 aliphatic carbocycles. The lowest BCUT2D eigenvalue weighted by Gasteiger charge is -2.00. The van der Waals surface area contributed by atoms with Crippen molar-refractivity contribution in [2.45, 2.75) is 19.6 Å². The van der Waals surface area contributed by atoms with Crippen LogP contribution in [-0.2, 0) is 24.3 Å². The summed E-state index contributed by atoms with van der Waals surface area (Å²) in [6.07, 6.45) is 0.854. The van der Waals surface area contributed by atoms with Crippen molar-refractivity contribution in [1.82, 2.24) is 10.3 Å². The average molecular weight is 341 g/mol. The fourth-order valence-corrected chi connectivity index (χ4v) is 3.40. The van der Waals surface area contributed by atoms with Crippen LogP contribution >= 0.6 is 27.3 Å². The van der Waals surface area contributed by atoms with Crippen LogP contribution in [0.1, 0.15) is 21.1 Å². The van der Waals surface area contributed by atoms with Crippen molar-refractivity contribution in [2.75, 3.05) is 14.2 Å². The second kappa shape index (κ2) is 7.14. The SMILES string of the molecule is CNCc1sc(Cc2ccccc2Br)nc1COC. The number of aromatic nitrogens is 1. The van der Waals surface area contributed by atoms with Crippen LogP contribution in [0.4, 0.5) is 0 Å². The topological polar surface area (TPSA) is 34.2 Å². The fourth-order valence-electron chi connectivity index (χ4n) is 1.87. The van der Waals surface area contributed by atoms with Crippen molar-refractivity contribution < 1.29 is 4.74 Å². The number of ether oxygens (including phenoxy) is 1. The molecule has 19 heavy (non-hydrogen) atoms. The maximum Gasteiger partial charge on any atom is 0.0976 e. The highest BCUT2D eigenvalue weighted by molar-refractivity contribution is 9.10. The van der Waals surface area contributed by atoms with E-state index in [4.69, 9.17) is 4.74 Å². The minimum absolute atomic E-state index is 0.573. The molecule has 0 aliphatic heterocycles. The van der Waals surface area contributed by atoms with Crippen molar-refractivity contribution >= 4 is 27.3 Å². The quantitative estimate of drug-likeness (QED) is 0.875. The second-order valence-electron chi connectivity index (χ2n) is 4.21. The zero-order chi connectivity index (χ0) is 13.7. The third-order valence-electron chi connectivity index (χ3n) is 2.74. The van der Waals surface area contributed by atoms with Gasteiger partial charge in [-0.1, -0.05) is 34.1 Å². The molecule has 0 unspecified atom stereocenters. The summed E-state index contributed by atoms with van der Waals surface area (Å²) in [4.78, 5) is 5.94. The van der Waals surface area contributed by atoms with Crippen LogP contribution in [0, 0.1) is 0 Å². The lowest BCUT2D eigenvalue weighted by atomic mass is 10.2. The Morgan fingerprint density at radius 1 is 1.37 bits per heavy atom. The van der Waals surface area contributed by atoms with Crippen molar-refractivity contribution in [3.05, 3.63) is 49.9 Å². The summed E-state index contributed by atoms with van der Waals surface area (Å²) < 4.78 is 6.34. The van der Waals surface area contributed by atoms with Crippen LogP contribution in [0.15, 0.2) is 28.7 Å². The van der Waals surface area contributed by atoms with Crippen molar-refractivity contribution in [1.29, 1.82) is 0 Å². The van der Waals surface area contributed by atoms with Crippen molar-refractivity contribution in [2.24, 2.45) is 0 Å². The van der Waals surface area contributed by atoms with Crippen molar-refractivity contribution in [3.8, 4) is 0 Å². The summed E-state index contributed by atoms with van der Waals surface area (Å²) in [7, 11) is 3.65. The van der Waals surface area contributed by atoms with Crippen LogP contribution in [-0.4, -0.2) is 19.1 Å². The molecule has 1 N–H and O–H groups in total. The van der Waals surface area contributed by atoms with Gasteiger partial charge >= 0.3 is 0 Å². The van der Waals surface area contributed by atoms with Crippen LogP contribution in [0.25, 0.3) is 0 Å². The molecule has 5 heteroatoms. The molecule has 0 fully saturated rings. The van der Waals surface area contributed by atoms with E-state index in [0.29, 0.717) is 6.61 Å².